The fourth-order valence-electron chi connectivity index (χ4n) is 2.49. The van der Waals surface area contributed by atoms with Gasteiger partial charge in [-0.3, -0.25) is 14.7 Å². The Balaban J connectivity index is 3.24. The summed E-state index contributed by atoms with van der Waals surface area (Å²) in [5.41, 5.74) is 0. The molecule has 0 bridgehead atoms. The van der Waals surface area contributed by atoms with E-state index in [9.17, 15) is 23.1 Å². The second-order valence-corrected chi connectivity index (χ2v) is 9.76. The predicted molar refractivity (Wildman–Crippen MR) is 94.0 cm³/mol. The summed E-state index contributed by atoms with van der Waals surface area (Å²) in [5, 5.41) is 9.67. The molecule has 142 valence electrons. The standard InChI is InChI=1S/C15H24NO7PS/c1-4-15(16(17)18,24(19,22-5-2)23-6-3)12-13-25(20,21)14-10-8-7-9-11-14/h7-11H,4-6,12-13H2,1-3H3/t15-/m0/s1. The minimum atomic E-state index is -4.16. The zero-order valence-electron chi connectivity index (χ0n) is 14.6. The first kappa shape index (κ1) is 21.8. The van der Waals surface area contributed by atoms with E-state index in [4.69, 9.17) is 9.05 Å². The van der Waals surface area contributed by atoms with Crippen molar-refractivity contribution >= 4 is 17.4 Å². The SMILES string of the molecule is CCOP(=O)(OCC)[C@@](CC)(CCS(=O)(=O)c1ccccc1)[N+](=O)[O-]. The quantitative estimate of drug-likeness (QED) is 0.321. The van der Waals surface area contributed by atoms with Gasteiger partial charge in [0.05, 0.1) is 23.9 Å². The van der Waals surface area contributed by atoms with E-state index < -0.39 is 39.8 Å². The third-order valence-electron chi connectivity index (χ3n) is 3.89. The predicted octanol–water partition coefficient (Wildman–Crippen LogP) is 3.50. The monoisotopic (exact) mass is 393 g/mol. The molecule has 1 rings (SSSR count). The molecule has 0 aliphatic carbocycles. The van der Waals surface area contributed by atoms with Crippen LogP contribution < -0.4 is 0 Å². The molecule has 1 aromatic rings. The van der Waals surface area contributed by atoms with Crippen molar-refractivity contribution in [1.29, 1.82) is 0 Å². The van der Waals surface area contributed by atoms with Gasteiger partial charge in [0, 0.05) is 17.8 Å². The topological polar surface area (TPSA) is 113 Å². The Morgan fingerprint density at radius 2 is 1.64 bits per heavy atom. The second-order valence-electron chi connectivity index (χ2n) is 5.31. The van der Waals surface area contributed by atoms with Crippen LogP contribution in [0, 0.1) is 10.1 Å². The molecule has 0 spiro atoms. The van der Waals surface area contributed by atoms with Gasteiger partial charge in [0.15, 0.2) is 9.84 Å². The second kappa shape index (κ2) is 8.89. The molecule has 10 heteroatoms. The van der Waals surface area contributed by atoms with Crippen LogP contribution in [0.1, 0.15) is 33.6 Å². The molecule has 1 aromatic carbocycles. The average Bonchev–Trinajstić information content (AvgIpc) is 2.56. The molecule has 0 heterocycles. The van der Waals surface area contributed by atoms with Crippen LogP contribution in [-0.2, 0) is 23.4 Å². The molecule has 8 nitrogen and oxygen atoms in total. The Labute approximate surface area is 148 Å². The van der Waals surface area contributed by atoms with Gasteiger partial charge >= 0.3 is 12.9 Å². The van der Waals surface area contributed by atoms with Gasteiger partial charge in [-0.05, 0) is 26.0 Å². The first-order chi connectivity index (χ1) is 11.7. The smallest absolute Gasteiger partial charge is 0.304 e. The Morgan fingerprint density at radius 1 is 1.12 bits per heavy atom. The van der Waals surface area contributed by atoms with E-state index in [-0.39, 0.29) is 24.5 Å². The lowest BCUT2D eigenvalue weighted by atomic mass is 10.2. The fraction of sp³-hybridized carbons (Fsp3) is 0.600. The summed E-state index contributed by atoms with van der Waals surface area (Å²) in [7, 11) is -7.92. The summed E-state index contributed by atoms with van der Waals surface area (Å²) < 4.78 is 48.3. The molecule has 0 saturated heterocycles. The lowest BCUT2D eigenvalue weighted by Crippen LogP contribution is -2.40. The molecule has 0 saturated carbocycles. The van der Waals surface area contributed by atoms with Crippen molar-refractivity contribution in [2.24, 2.45) is 0 Å². The van der Waals surface area contributed by atoms with Crippen LogP contribution in [0.2, 0.25) is 0 Å². The highest BCUT2D eigenvalue weighted by Gasteiger charge is 2.61. The summed E-state index contributed by atoms with van der Waals surface area (Å²) in [5.74, 6) is -0.532. The zero-order chi connectivity index (χ0) is 19.1. The van der Waals surface area contributed by atoms with E-state index in [1.807, 2.05) is 0 Å². The molecule has 0 aliphatic rings. The van der Waals surface area contributed by atoms with Crippen molar-refractivity contribution in [2.45, 2.75) is 43.8 Å². The van der Waals surface area contributed by atoms with Crippen LogP contribution in [0.5, 0.6) is 0 Å². The van der Waals surface area contributed by atoms with Crippen LogP contribution in [-0.4, -0.2) is 37.6 Å². The minimum absolute atomic E-state index is 0.0434. The molecule has 0 N–H and O–H groups in total. The number of benzene rings is 1. The molecule has 0 unspecified atom stereocenters. The first-order valence-corrected chi connectivity index (χ1v) is 11.2. The summed E-state index contributed by atoms with van der Waals surface area (Å²) in [4.78, 5) is 11.1. The van der Waals surface area contributed by atoms with E-state index >= 15 is 0 Å². The number of hydrogen-bond donors (Lipinski definition) is 0. The molecule has 0 aliphatic heterocycles. The largest absolute Gasteiger partial charge is 0.406 e. The molecule has 0 aromatic heterocycles. The van der Waals surface area contributed by atoms with E-state index in [2.05, 4.69) is 0 Å². The Kier molecular flexibility index (Phi) is 7.74. The highest BCUT2D eigenvalue weighted by Crippen LogP contribution is 2.63. The molecule has 25 heavy (non-hydrogen) atoms. The highest BCUT2D eigenvalue weighted by atomic mass is 32.2. The summed E-state index contributed by atoms with van der Waals surface area (Å²) in [6, 6.07) is 7.64. The van der Waals surface area contributed by atoms with Crippen molar-refractivity contribution in [1.82, 2.24) is 0 Å². The van der Waals surface area contributed by atoms with Crippen molar-refractivity contribution < 1.29 is 27.0 Å². The lowest BCUT2D eigenvalue weighted by Gasteiger charge is -2.30. The Hall–Kier alpha value is -1.28. The van der Waals surface area contributed by atoms with Crippen molar-refractivity contribution in [2.75, 3.05) is 19.0 Å². The maximum absolute atomic E-state index is 13.1. The molecule has 0 amide bonds. The van der Waals surface area contributed by atoms with E-state index in [1.54, 1.807) is 32.0 Å². The number of nitrogens with zero attached hydrogens (tertiary/aromatic N) is 1. The van der Waals surface area contributed by atoms with E-state index in [0.29, 0.717) is 0 Å². The van der Waals surface area contributed by atoms with Gasteiger partial charge in [0.2, 0.25) is 0 Å². The van der Waals surface area contributed by atoms with E-state index in [0.717, 1.165) is 0 Å². The van der Waals surface area contributed by atoms with Crippen LogP contribution in [0.4, 0.5) is 0 Å². The normalized spacial score (nSPS) is 14.8. The minimum Gasteiger partial charge on any atom is -0.304 e. The molecule has 0 fully saturated rings. The molecule has 0 radical (unpaired) electrons. The van der Waals surface area contributed by atoms with Crippen LogP contribution in [0.3, 0.4) is 0 Å². The fourth-order valence-corrected chi connectivity index (χ4v) is 6.26. The Morgan fingerprint density at radius 3 is 2.04 bits per heavy atom. The first-order valence-electron chi connectivity index (χ1n) is 8.00. The summed E-state index contributed by atoms with van der Waals surface area (Å²) >= 11 is 0. The number of nitro groups is 1. The van der Waals surface area contributed by atoms with E-state index in [1.165, 1.54) is 19.1 Å². The van der Waals surface area contributed by atoms with Gasteiger partial charge in [-0.1, -0.05) is 25.1 Å². The third-order valence-corrected chi connectivity index (χ3v) is 8.54. The van der Waals surface area contributed by atoms with Crippen molar-refractivity contribution in [3.63, 3.8) is 0 Å². The third kappa shape index (κ3) is 4.67. The van der Waals surface area contributed by atoms with Crippen LogP contribution >= 0.6 is 7.60 Å². The van der Waals surface area contributed by atoms with Gasteiger partial charge in [0.1, 0.15) is 0 Å². The van der Waals surface area contributed by atoms with Gasteiger partial charge in [0.25, 0.3) is 0 Å². The number of rotatable bonds is 11. The van der Waals surface area contributed by atoms with Crippen LogP contribution in [0.25, 0.3) is 0 Å². The zero-order valence-corrected chi connectivity index (χ0v) is 16.3. The maximum atomic E-state index is 13.1. The van der Waals surface area contributed by atoms with Crippen LogP contribution in [0.15, 0.2) is 35.2 Å². The average molecular weight is 393 g/mol. The Bertz CT molecular complexity index is 713. The number of hydrogen-bond acceptors (Lipinski definition) is 7. The van der Waals surface area contributed by atoms with Gasteiger partial charge in [-0.25, -0.2) is 8.42 Å². The highest BCUT2D eigenvalue weighted by molar-refractivity contribution is 7.91. The number of sulfone groups is 1. The van der Waals surface area contributed by atoms with Crippen molar-refractivity contribution in [3.8, 4) is 0 Å². The summed E-state index contributed by atoms with van der Waals surface area (Å²) in [6.07, 6.45) is -0.646. The molecule has 1 atom stereocenters. The lowest BCUT2D eigenvalue weighted by molar-refractivity contribution is -0.546. The maximum Gasteiger partial charge on any atom is 0.406 e. The molecular formula is C15H24NO7PS. The van der Waals surface area contributed by atoms with Gasteiger partial charge in [-0.15, -0.1) is 0 Å². The van der Waals surface area contributed by atoms with Gasteiger partial charge < -0.3 is 9.05 Å². The van der Waals surface area contributed by atoms with Crippen molar-refractivity contribution in [3.05, 3.63) is 40.4 Å². The molecular weight excluding hydrogens is 369 g/mol. The summed E-state index contributed by atoms with van der Waals surface area (Å²) in [6.45, 7) is 4.48. The van der Waals surface area contributed by atoms with Gasteiger partial charge in [-0.2, -0.15) is 0 Å².